The molecule has 0 heterocycles. The number of hydrogen-bond acceptors (Lipinski definition) is 0. The Hall–Kier alpha value is -0.600. The van der Waals surface area contributed by atoms with Gasteiger partial charge in [-0.15, -0.1) is 0 Å². The molecule has 0 amide bonds. The van der Waals surface area contributed by atoms with Crippen LogP contribution in [-0.4, -0.2) is 0 Å². The van der Waals surface area contributed by atoms with Crippen LogP contribution in [0.25, 0.3) is 0 Å². The van der Waals surface area contributed by atoms with E-state index >= 15 is 0 Å². The summed E-state index contributed by atoms with van der Waals surface area (Å²) in [5.74, 6) is 0. The van der Waals surface area contributed by atoms with Crippen LogP contribution in [0, 0.1) is 20.8 Å². The standard InChI is InChI=1S/C17H18Br2/c1-11-8-12(2)17(13(3)9-11)16(19)10-14-4-6-15(18)7-5-14/h4-9,16H,10H2,1-3H3. The van der Waals surface area contributed by atoms with Gasteiger partial charge >= 0.3 is 0 Å². The van der Waals surface area contributed by atoms with Crippen molar-refractivity contribution >= 4 is 31.9 Å². The van der Waals surface area contributed by atoms with Crippen molar-refractivity contribution in [2.24, 2.45) is 0 Å². The van der Waals surface area contributed by atoms with E-state index in [0.717, 1.165) is 10.9 Å². The highest BCUT2D eigenvalue weighted by atomic mass is 79.9. The maximum atomic E-state index is 3.86. The second kappa shape index (κ2) is 6.23. The van der Waals surface area contributed by atoms with E-state index in [9.17, 15) is 0 Å². The van der Waals surface area contributed by atoms with Gasteiger partial charge in [0.1, 0.15) is 0 Å². The van der Waals surface area contributed by atoms with Gasteiger partial charge in [0.05, 0.1) is 0 Å². The van der Waals surface area contributed by atoms with Crippen molar-refractivity contribution in [2.75, 3.05) is 0 Å². The van der Waals surface area contributed by atoms with Gasteiger partial charge < -0.3 is 0 Å². The Kier molecular flexibility index (Phi) is 4.86. The van der Waals surface area contributed by atoms with Crippen LogP contribution >= 0.6 is 31.9 Å². The van der Waals surface area contributed by atoms with Crippen LogP contribution in [0.3, 0.4) is 0 Å². The maximum absolute atomic E-state index is 3.86. The normalized spacial score (nSPS) is 12.5. The molecule has 2 aromatic carbocycles. The molecule has 100 valence electrons. The Labute approximate surface area is 132 Å². The summed E-state index contributed by atoms with van der Waals surface area (Å²) in [6, 6.07) is 13.1. The number of alkyl halides is 1. The van der Waals surface area contributed by atoms with Crippen LogP contribution in [0.1, 0.15) is 32.6 Å². The first-order valence-electron chi connectivity index (χ1n) is 6.43. The van der Waals surface area contributed by atoms with E-state index < -0.39 is 0 Å². The van der Waals surface area contributed by atoms with E-state index in [1.165, 1.54) is 27.8 Å². The fourth-order valence-corrected chi connectivity index (χ4v) is 3.98. The average molecular weight is 382 g/mol. The van der Waals surface area contributed by atoms with Crippen LogP contribution in [0.5, 0.6) is 0 Å². The van der Waals surface area contributed by atoms with Gasteiger partial charge in [0, 0.05) is 9.30 Å². The second-order valence-corrected chi connectivity index (χ2v) is 7.13. The minimum atomic E-state index is 0.370. The molecule has 0 aliphatic carbocycles. The molecular formula is C17H18Br2. The molecule has 2 rings (SSSR count). The molecule has 1 unspecified atom stereocenters. The number of halogens is 2. The van der Waals surface area contributed by atoms with Crippen LogP contribution in [0.15, 0.2) is 40.9 Å². The van der Waals surface area contributed by atoms with Crippen LogP contribution in [0.4, 0.5) is 0 Å². The molecule has 0 saturated heterocycles. The molecule has 0 aromatic heterocycles. The average Bonchev–Trinajstić information content (AvgIpc) is 2.30. The highest BCUT2D eigenvalue weighted by Gasteiger charge is 2.14. The molecule has 0 fully saturated rings. The second-order valence-electron chi connectivity index (χ2n) is 5.11. The third-order valence-electron chi connectivity index (χ3n) is 3.38. The highest BCUT2D eigenvalue weighted by molar-refractivity contribution is 9.10. The Morgan fingerprint density at radius 3 is 2.00 bits per heavy atom. The molecule has 0 aliphatic rings. The van der Waals surface area contributed by atoms with Gasteiger partial charge in [-0.1, -0.05) is 61.7 Å². The molecule has 19 heavy (non-hydrogen) atoms. The van der Waals surface area contributed by atoms with E-state index in [2.05, 4.69) is 89.0 Å². The minimum Gasteiger partial charge on any atom is -0.0835 e. The highest BCUT2D eigenvalue weighted by Crippen LogP contribution is 2.33. The van der Waals surface area contributed by atoms with Crippen molar-refractivity contribution in [2.45, 2.75) is 32.0 Å². The molecule has 0 bridgehead atoms. The molecule has 0 radical (unpaired) electrons. The zero-order valence-electron chi connectivity index (χ0n) is 11.5. The summed E-state index contributed by atoms with van der Waals surface area (Å²) in [6.45, 7) is 6.55. The number of benzene rings is 2. The lowest BCUT2D eigenvalue weighted by Gasteiger charge is -2.17. The lowest BCUT2D eigenvalue weighted by atomic mass is 9.94. The van der Waals surface area contributed by atoms with E-state index in [0.29, 0.717) is 4.83 Å². The van der Waals surface area contributed by atoms with Crippen LogP contribution in [-0.2, 0) is 6.42 Å². The van der Waals surface area contributed by atoms with Gasteiger partial charge in [0.25, 0.3) is 0 Å². The zero-order valence-corrected chi connectivity index (χ0v) is 14.7. The van der Waals surface area contributed by atoms with Crippen molar-refractivity contribution in [1.29, 1.82) is 0 Å². The lowest BCUT2D eigenvalue weighted by molar-refractivity contribution is 0.925. The molecule has 2 heteroatoms. The topological polar surface area (TPSA) is 0 Å². The predicted octanol–water partition coefficient (Wildman–Crippen LogP) is 6.05. The van der Waals surface area contributed by atoms with E-state index in [4.69, 9.17) is 0 Å². The largest absolute Gasteiger partial charge is 0.0835 e. The third kappa shape index (κ3) is 3.70. The van der Waals surface area contributed by atoms with Gasteiger partial charge in [-0.3, -0.25) is 0 Å². The minimum absolute atomic E-state index is 0.370. The van der Waals surface area contributed by atoms with Crippen molar-refractivity contribution in [3.63, 3.8) is 0 Å². The molecule has 0 spiro atoms. The lowest BCUT2D eigenvalue weighted by Crippen LogP contribution is -2.01. The predicted molar refractivity (Wildman–Crippen MR) is 90.2 cm³/mol. The van der Waals surface area contributed by atoms with Gasteiger partial charge in [-0.25, -0.2) is 0 Å². The molecule has 0 aliphatic heterocycles. The van der Waals surface area contributed by atoms with Gasteiger partial charge in [0.15, 0.2) is 0 Å². The summed E-state index contributed by atoms with van der Waals surface area (Å²) in [5.41, 5.74) is 6.85. The summed E-state index contributed by atoms with van der Waals surface area (Å²) in [7, 11) is 0. The molecule has 2 aromatic rings. The Bertz CT molecular complexity index is 547. The molecule has 1 atom stereocenters. The van der Waals surface area contributed by atoms with E-state index in [1.54, 1.807) is 0 Å². The number of rotatable bonds is 3. The van der Waals surface area contributed by atoms with Gasteiger partial charge in [-0.05, 0) is 61.6 Å². The van der Waals surface area contributed by atoms with Crippen molar-refractivity contribution in [3.05, 3.63) is 68.7 Å². The fraction of sp³-hybridized carbons (Fsp3) is 0.294. The first-order chi connectivity index (χ1) is 8.97. The van der Waals surface area contributed by atoms with Crippen LogP contribution < -0.4 is 0 Å². The molecule has 0 nitrogen and oxygen atoms in total. The summed E-state index contributed by atoms with van der Waals surface area (Å²) in [4.78, 5) is 0.370. The van der Waals surface area contributed by atoms with Gasteiger partial charge in [0.2, 0.25) is 0 Å². The fourth-order valence-electron chi connectivity index (χ4n) is 2.61. The van der Waals surface area contributed by atoms with E-state index in [-0.39, 0.29) is 0 Å². The van der Waals surface area contributed by atoms with Crippen molar-refractivity contribution in [3.8, 4) is 0 Å². The quantitative estimate of drug-likeness (QED) is 0.567. The van der Waals surface area contributed by atoms with Crippen LogP contribution in [0.2, 0.25) is 0 Å². The van der Waals surface area contributed by atoms with Crippen molar-refractivity contribution in [1.82, 2.24) is 0 Å². The Balaban J connectivity index is 2.25. The Morgan fingerprint density at radius 2 is 1.47 bits per heavy atom. The summed E-state index contributed by atoms with van der Waals surface area (Å²) in [6.07, 6.45) is 1.01. The molecular weight excluding hydrogens is 364 g/mol. The first kappa shape index (κ1) is 14.8. The van der Waals surface area contributed by atoms with Crippen molar-refractivity contribution < 1.29 is 0 Å². The summed E-state index contributed by atoms with van der Waals surface area (Å²) >= 11 is 7.33. The third-order valence-corrected chi connectivity index (χ3v) is 4.69. The first-order valence-corrected chi connectivity index (χ1v) is 8.14. The van der Waals surface area contributed by atoms with E-state index in [1.807, 2.05) is 0 Å². The van der Waals surface area contributed by atoms with Gasteiger partial charge in [-0.2, -0.15) is 0 Å². The summed E-state index contributed by atoms with van der Waals surface area (Å²) < 4.78 is 1.13. The smallest absolute Gasteiger partial charge is 0.0440 e. The zero-order chi connectivity index (χ0) is 14.0. The summed E-state index contributed by atoms with van der Waals surface area (Å²) in [5, 5.41) is 0. The maximum Gasteiger partial charge on any atom is 0.0440 e. The Morgan fingerprint density at radius 1 is 0.947 bits per heavy atom. The number of hydrogen-bond donors (Lipinski definition) is 0. The monoisotopic (exact) mass is 380 g/mol. The molecule has 0 N–H and O–H groups in total. The number of aryl methyl sites for hydroxylation is 3. The molecule has 0 saturated carbocycles. The SMILES string of the molecule is Cc1cc(C)c(C(Br)Cc2ccc(Br)cc2)c(C)c1.